The summed E-state index contributed by atoms with van der Waals surface area (Å²) < 4.78 is 0. The van der Waals surface area contributed by atoms with Gasteiger partial charge in [0.25, 0.3) is 0 Å². The van der Waals surface area contributed by atoms with Crippen LogP contribution in [0.2, 0.25) is 0 Å². The average Bonchev–Trinajstić information content (AvgIpc) is 2.05. The summed E-state index contributed by atoms with van der Waals surface area (Å²) in [6.45, 7) is 6.68. The van der Waals surface area contributed by atoms with Crippen LogP contribution in [-0.4, -0.2) is 7.05 Å². The maximum atomic E-state index is 6.68. The highest BCUT2D eigenvalue weighted by Gasteiger charge is 1.87. The molecule has 0 bridgehead atoms. The molecule has 2 heteroatoms. The molecule has 0 amide bonds. The van der Waals surface area contributed by atoms with Gasteiger partial charge in [-0.1, -0.05) is 12.1 Å². The Morgan fingerprint density at radius 3 is 2.30 bits per heavy atom. The van der Waals surface area contributed by atoms with E-state index in [1.807, 2.05) is 19.2 Å². The van der Waals surface area contributed by atoms with E-state index in [1.165, 1.54) is 0 Å². The second kappa shape index (κ2) is 2.88. The minimum absolute atomic E-state index is 0.680. The summed E-state index contributed by atoms with van der Waals surface area (Å²) >= 11 is 0. The summed E-state index contributed by atoms with van der Waals surface area (Å²) in [5.41, 5.74) is 1.71. The van der Waals surface area contributed by atoms with Gasteiger partial charge in [0.05, 0.1) is 6.57 Å². The van der Waals surface area contributed by atoms with Gasteiger partial charge in [-0.3, -0.25) is 0 Å². The minimum atomic E-state index is 0.680. The Hall–Kier alpha value is -1.49. The van der Waals surface area contributed by atoms with Gasteiger partial charge in [-0.05, 0) is 12.1 Å². The van der Waals surface area contributed by atoms with Crippen LogP contribution in [0.3, 0.4) is 0 Å². The zero-order chi connectivity index (χ0) is 7.40. The van der Waals surface area contributed by atoms with Crippen LogP contribution < -0.4 is 5.32 Å². The lowest BCUT2D eigenvalue weighted by molar-refractivity contribution is 1.52. The molecule has 1 N–H and O–H groups in total. The predicted molar refractivity (Wildman–Crippen MR) is 42.3 cm³/mol. The molecule has 50 valence electrons. The highest BCUT2D eigenvalue weighted by Crippen LogP contribution is 2.14. The summed E-state index contributed by atoms with van der Waals surface area (Å²) in [4.78, 5) is 3.27. The largest absolute Gasteiger partial charge is 0.388 e. The van der Waals surface area contributed by atoms with Gasteiger partial charge >= 0.3 is 0 Å². The van der Waals surface area contributed by atoms with Crippen LogP contribution >= 0.6 is 0 Å². The van der Waals surface area contributed by atoms with E-state index in [9.17, 15) is 0 Å². The fraction of sp³-hybridized carbons (Fsp3) is 0.125. The Balaban J connectivity index is 2.93. The average molecular weight is 132 g/mol. The van der Waals surface area contributed by atoms with E-state index in [2.05, 4.69) is 10.2 Å². The fourth-order valence-electron chi connectivity index (χ4n) is 0.703. The van der Waals surface area contributed by atoms with Crippen LogP contribution in [0.25, 0.3) is 4.85 Å². The number of nitrogens with zero attached hydrogens (tertiary/aromatic N) is 1. The van der Waals surface area contributed by atoms with E-state index in [4.69, 9.17) is 6.57 Å². The Morgan fingerprint density at radius 1 is 1.30 bits per heavy atom. The molecular formula is C8H8N2. The first-order valence-corrected chi connectivity index (χ1v) is 3.02. The normalized spacial score (nSPS) is 8.40. The molecular weight excluding hydrogens is 124 g/mol. The Labute approximate surface area is 60.3 Å². The van der Waals surface area contributed by atoms with Gasteiger partial charge in [-0.2, -0.15) is 0 Å². The molecule has 2 nitrogen and oxygen atoms in total. The topological polar surface area (TPSA) is 16.4 Å². The predicted octanol–water partition coefficient (Wildman–Crippen LogP) is 2.28. The van der Waals surface area contributed by atoms with Crippen molar-refractivity contribution in [1.29, 1.82) is 0 Å². The molecule has 0 aromatic heterocycles. The van der Waals surface area contributed by atoms with Gasteiger partial charge in [-0.15, -0.1) is 0 Å². The third-order valence-electron chi connectivity index (χ3n) is 1.29. The highest BCUT2D eigenvalue weighted by molar-refractivity contribution is 5.53. The van der Waals surface area contributed by atoms with Crippen molar-refractivity contribution >= 4 is 11.4 Å². The zero-order valence-electron chi connectivity index (χ0n) is 5.76. The van der Waals surface area contributed by atoms with E-state index in [-0.39, 0.29) is 0 Å². The van der Waals surface area contributed by atoms with Crippen LogP contribution in [0.4, 0.5) is 11.4 Å². The van der Waals surface area contributed by atoms with Crippen molar-refractivity contribution in [3.63, 3.8) is 0 Å². The number of hydrogen-bond donors (Lipinski definition) is 1. The van der Waals surface area contributed by atoms with Crippen LogP contribution in [0.5, 0.6) is 0 Å². The van der Waals surface area contributed by atoms with E-state index in [1.54, 1.807) is 12.1 Å². The van der Waals surface area contributed by atoms with E-state index in [0.717, 1.165) is 5.69 Å². The second-order valence-electron chi connectivity index (χ2n) is 1.91. The third kappa shape index (κ3) is 1.26. The fourth-order valence-corrected chi connectivity index (χ4v) is 0.703. The molecule has 0 atom stereocenters. The Morgan fingerprint density at radius 2 is 1.90 bits per heavy atom. The van der Waals surface area contributed by atoms with Crippen LogP contribution in [0.1, 0.15) is 0 Å². The number of hydrogen-bond acceptors (Lipinski definition) is 1. The minimum Gasteiger partial charge on any atom is -0.388 e. The van der Waals surface area contributed by atoms with Crippen molar-refractivity contribution in [1.82, 2.24) is 0 Å². The van der Waals surface area contributed by atoms with Gasteiger partial charge < -0.3 is 5.32 Å². The number of anilines is 1. The van der Waals surface area contributed by atoms with Gasteiger partial charge in [0.15, 0.2) is 5.69 Å². The summed E-state index contributed by atoms with van der Waals surface area (Å²) in [7, 11) is 1.85. The standard InChI is InChI=1S/C8H8N2/c1-9-7-3-5-8(10-2)6-4-7/h3-6,9H,1H3. The molecule has 0 aliphatic rings. The summed E-state index contributed by atoms with van der Waals surface area (Å²) in [6.07, 6.45) is 0. The Kier molecular flexibility index (Phi) is 1.91. The highest BCUT2D eigenvalue weighted by atomic mass is 14.8. The quantitative estimate of drug-likeness (QED) is 0.580. The van der Waals surface area contributed by atoms with Crippen molar-refractivity contribution in [2.75, 3.05) is 12.4 Å². The van der Waals surface area contributed by atoms with Crippen LogP contribution in [0.15, 0.2) is 24.3 Å². The molecule has 1 aromatic carbocycles. The van der Waals surface area contributed by atoms with Crippen LogP contribution in [0, 0.1) is 6.57 Å². The molecule has 0 saturated heterocycles. The van der Waals surface area contributed by atoms with E-state index < -0.39 is 0 Å². The Bertz CT molecular complexity index is 243. The van der Waals surface area contributed by atoms with Gasteiger partial charge in [0.1, 0.15) is 0 Å². The van der Waals surface area contributed by atoms with Gasteiger partial charge in [-0.25, -0.2) is 4.85 Å². The molecule has 0 aliphatic carbocycles. The molecule has 0 radical (unpaired) electrons. The molecule has 0 spiro atoms. The first-order chi connectivity index (χ1) is 4.86. The summed E-state index contributed by atoms with van der Waals surface area (Å²) in [5, 5.41) is 2.98. The van der Waals surface area contributed by atoms with E-state index >= 15 is 0 Å². The third-order valence-corrected chi connectivity index (χ3v) is 1.29. The SMILES string of the molecule is [C-]#[N+]c1ccc(NC)cc1. The number of nitrogens with one attached hydrogen (secondary N) is 1. The second-order valence-corrected chi connectivity index (χ2v) is 1.91. The number of rotatable bonds is 1. The van der Waals surface area contributed by atoms with Gasteiger partial charge in [0.2, 0.25) is 0 Å². The number of benzene rings is 1. The first-order valence-electron chi connectivity index (χ1n) is 3.02. The molecule has 1 aromatic rings. The zero-order valence-corrected chi connectivity index (χ0v) is 5.76. The van der Waals surface area contributed by atoms with Crippen molar-refractivity contribution < 1.29 is 0 Å². The lowest BCUT2D eigenvalue weighted by Crippen LogP contribution is -1.84. The summed E-state index contributed by atoms with van der Waals surface area (Å²) in [6, 6.07) is 7.35. The molecule has 0 saturated carbocycles. The molecule has 0 heterocycles. The first kappa shape index (κ1) is 6.63. The lowest BCUT2D eigenvalue weighted by atomic mass is 10.3. The van der Waals surface area contributed by atoms with Crippen molar-refractivity contribution in [2.45, 2.75) is 0 Å². The maximum Gasteiger partial charge on any atom is 0.187 e. The molecule has 0 fully saturated rings. The van der Waals surface area contributed by atoms with Gasteiger partial charge in [0, 0.05) is 12.7 Å². The molecule has 0 unspecified atom stereocenters. The van der Waals surface area contributed by atoms with Crippen LogP contribution in [-0.2, 0) is 0 Å². The molecule has 0 aliphatic heterocycles. The van der Waals surface area contributed by atoms with Crippen molar-refractivity contribution in [2.24, 2.45) is 0 Å². The molecule has 10 heavy (non-hydrogen) atoms. The van der Waals surface area contributed by atoms with Crippen molar-refractivity contribution in [3.8, 4) is 0 Å². The summed E-state index contributed by atoms with van der Waals surface area (Å²) in [5.74, 6) is 0. The smallest absolute Gasteiger partial charge is 0.187 e. The lowest BCUT2D eigenvalue weighted by Gasteiger charge is -1.96. The maximum absolute atomic E-state index is 6.68. The van der Waals surface area contributed by atoms with E-state index in [0.29, 0.717) is 5.69 Å². The molecule has 1 rings (SSSR count). The monoisotopic (exact) mass is 132 g/mol. The van der Waals surface area contributed by atoms with Crippen molar-refractivity contribution in [3.05, 3.63) is 35.7 Å².